The van der Waals surface area contributed by atoms with Crippen molar-refractivity contribution in [1.29, 1.82) is 0 Å². The second-order valence-electron chi connectivity index (χ2n) is 4.69. The summed E-state index contributed by atoms with van der Waals surface area (Å²) in [6.45, 7) is 2.45. The van der Waals surface area contributed by atoms with Gasteiger partial charge in [0, 0.05) is 0 Å². The molecule has 0 fully saturated rings. The highest BCUT2D eigenvalue weighted by atomic mass is 16.5. The van der Waals surface area contributed by atoms with Gasteiger partial charge in [-0.25, -0.2) is 0 Å². The van der Waals surface area contributed by atoms with E-state index < -0.39 is 6.10 Å². The Morgan fingerprint density at radius 2 is 1.84 bits per heavy atom. The van der Waals surface area contributed by atoms with Gasteiger partial charge < -0.3 is 9.84 Å². The fourth-order valence-corrected chi connectivity index (χ4v) is 1.98. The van der Waals surface area contributed by atoms with E-state index in [9.17, 15) is 5.11 Å². The first-order chi connectivity index (χ1) is 9.25. The molecule has 0 aliphatic rings. The van der Waals surface area contributed by atoms with E-state index in [2.05, 4.69) is 24.3 Å². The van der Waals surface area contributed by atoms with Crippen molar-refractivity contribution >= 4 is 0 Å². The summed E-state index contributed by atoms with van der Waals surface area (Å²) in [6, 6.07) is 18.0. The van der Waals surface area contributed by atoms with Crippen molar-refractivity contribution in [3.05, 3.63) is 65.7 Å². The van der Waals surface area contributed by atoms with Gasteiger partial charge in [-0.3, -0.25) is 0 Å². The van der Waals surface area contributed by atoms with Crippen molar-refractivity contribution in [1.82, 2.24) is 0 Å². The second kappa shape index (κ2) is 6.95. The van der Waals surface area contributed by atoms with Gasteiger partial charge in [-0.1, -0.05) is 42.5 Å². The van der Waals surface area contributed by atoms with Crippen LogP contribution < -0.4 is 4.74 Å². The molecule has 0 aliphatic carbocycles. The largest absolute Gasteiger partial charge is 0.494 e. The Labute approximate surface area is 114 Å². The Hall–Kier alpha value is -1.80. The molecular weight excluding hydrogens is 236 g/mol. The van der Waals surface area contributed by atoms with Crippen LogP contribution in [0.5, 0.6) is 5.75 Å². The van der Waals surface area contributed by atoms with E-state index in [4.69, 9.17) is 4.74 Å². The number of hydrogen-bond donors (Lipinski definition) is 1. The maximum atomic E-state index is 9.51. The lowest BCUT2D eigenvalue weighted by Crippen LogP contribution is -2.00. The van der Waals surface area contributed by atoms with E-state index in [1.807, 2.05) is 30.3 Å². The van der Waals surface area contributed by atoms with Crippen LogP contribution in [0.15, 0.2) is 54.6 Å². The monoisotopic (exact) mass is 256 g/mol. The van der Waals surface area contributed by atoms with Crippen LogP contribution in [0.3, 0.4) is 0 Å². The van der Waals surface area contributed by atoms with Gasteiger partial charge in [0.25, 0.3) is 0 Å². The number of benzene rings is 2. The van der Waals surface area contributed by atoms with Gasteiger partial charge in [-0.05, 0) is 43.0 Å². The third-order valence-corrected chi connectivity index (χ3v) is 3.06. The van der Waals surface area contributed by atoms with Crippen molar-refractivity contribution in [2.24, 2.45) is 0 Å². The predicted molar refractivity (Wildman–Crippen MR) is 77.3 cm³/mol. The van der Waals surface area contributed by atoms with Crippen LogP contribution in [0.2, 0.25) is 0 Å². The molecule has 2 aromatic carbocycles. The Morgan fingerprint density at radius 1 is 1.05 bits per heavy atom. The zero-order valence-electron chi connectivity index (χ0n) is 11.3. The number of aliphatic hydroxyl groups is 1. The van der Waals surface area contributed by atoms with Gasteiger partial charge >= 0.3 is 0 Å². The molecule has 0 aliphatic heterocycles. The number of aryl methyl sites for hydroxylation is 1. The van der Waals surface area contributed by atoms with Crippen LogP contribution >= 0.6 is 0 Å². The van der Waals surface area contributed by atoms with E-state index in [0.717, 1.165) is 24.2 Å². The molecule has 2 nitrogen and oxygen atoms in total. The molecule has 0 saturated heterocycles. The topological polar surface area (TPSA) is 29.5 Å². The van der Waals surface area contributed by atoms with Gasteiger partial charge in [0.1, 0.15) is 5.75 Å². The molecule has 0 unspecified atom stereocenters. The summed E-state index contributed by atoms with van der Waals surface area (Å²) in [5.74, 6) is 0.825. The minimum absolute atomic E-state index is 0.451. The van der Waals surface area contributed by atoms with Crippen molar-refractivity contribution in [2.45, 2.75) is 25.9 Å². The fraction of sp³-hybridized carbons (Fsp3) is 0.294. The van der Waals surface area contributed by atoms with Gasteiger partial charge in [0.15, 0.2) is 0 Å². The van der Waals surface area contributed by atoms with Crippen LogP contribution in [0.1, 0.15) is 30.6 Å². The molecule has 0 radical (unpaired) electrons. The highest BCUT2D eigenvalue weighted by molar-refractivity contribution is 5.29. The highest BCUT2D eigenvalue weighted by Gasteiger charge is 2.02. The normalized spacial score (nSPS) is 12.1. The molecule has 1 atom stereocenters. The van der Waals surface area contributed by atoms with E-state index in [1.54, 1.807) is 6.92 Å². The van der Waals surface area contributed by atoms with Gasteiger partial charge in [0.2, 0.25) is 0 Å². The summed E-state index contributed by atoms with van der Waals surface area (Å²) in [7, 11) is 0. The minimum Gasteiger partial charge on any atom is -0.494 e. The molecule has 0 amide bonds. The zero-order valence-corrected chi connectivity index (χ0v) is 11.3. The summed E-state index contributed by atoms with van der Waals surface area (Å²) in [5, 5.41) is 9.51. The average Bonchev–Trinajstić information content (AvgIpc) is 2.45. The lowest BCUT2D eigenvalue weighted by atomic mass is 10.1. The number of ether oxygens (including phenoxy) is 1. The molecule has 19 heavy (non-hydrogen) atoms. The first-order valence-corrected chi connectivity index (χ1v) is 6.70. The van der Waals surface area contributed by atoms with E-state index in [-0.39, 0.29) is 0 Å². The second-order valence-corrected chi connectivity index (χ2v) is 4.69. The molecule has 0 spiro atoms. The third-order valence-electron chi connectivity index (χ3n) is 3.06. The van der Waals surface area contributed by atoms with Crippen LogP contribution in [-0.2, 0) is 6.42 Å². The Morgan fingerprint density at radius 3 is 2.58 bits per heavy atom. The molecule has 0 aromatic heterocycles. The molecule has 0 saturated carbocycles. The van der Waals surface area contributed by atoms with E-state index >= 15 is 0 Å². The first-order valence-electron chi connectivity index (χ1n) is 6.70. The average molecular weight is 256 g/mol. The van der Waals surface area contributed by atoms with E-state index in [0.29, 0.717) is 6.61 Å². The summed E-state index contributed by atoms with van der Waals surface area (Å²) in [4.78, 5) is 0. The predicted octanol–water partition coefficient (Wildman–Crippen LogP) is 3.75. The third kappa shape index (κ3) is 4.42. The lowest BCUT2D eigenvalue weighted by Gasteiger charge is -2.09. The maximum absolute atomic E-state index is 9.51. The molecule has 1 N–H and O–H groups in total. The molecule has 2 rings (SSSR count). The van der Waals surface area contributed by atoms with Crippen molar-refractivity contribution in [3.63, 3.8) is 0 Å². The molecule has 100 valence electrons. The standard InChI is InChI=1S/C17H20O2/c1-14(18)16-10-5-11-17(13-16)19-12-6-9-15-7-3-2-4-8-15/h2-5,7-8,10-11,13-14,18H,6,9,12H2,1H3/t14-/m0/s1. The van der Waals surface area contributed by atoms with Crippen LogP contribution in [-0.4, -0.2) is 11.7 Å². The van der Waals surface area contributed by atoms with Gasteiger partial charge in [-0.2, -0.15) is 0 Å². The molecule has 2 heteroatoms. The summed E-state index contributed by atoms with van der Waals surface area (Å²) >= 11 is 0. The summed E-state index contributed by atoms with van der Waals surface area (Å²) < 4.78 is 5.71. The Kier molecular flexibility index (Phi) is 4.99. The van der Waals surface area contributed by atoms with Crippen molar-refractivity contribution < 1.29 is 9.84 Å². The van der Waals surface area contributed by atoms with Gasteiger partial charge in [-0.15, -0.1) is 0 Å². The SMILES string of the molecule is C[C@H](O)c1cccc(OCCCc2ccccc2)c1. The summed E-state index contributed by atoms with van der Waals surface area (Å²) in [6.07, 6.45) is 1.56. The maximum Gasteiger partial charge on any atom is 0.119 e. The number of rotatable bonds is 6. The van der Waals surface area contributed by atoms with Crippen LogP contribution in [0.4, 0.5) is 0 Å². The summed E-state index contributed by atoms with van der Waals surface area (Å²) in [5.41, 5.74) is 2.23. The smallest absolute Gasteiger partial charge is 0.119 e. The Bertz CT molecular complexity index is 492. The number of aliphatic hydroxyl groups excluding tert-OH is 1. The zero-order chi connectivity index (χ0) is 13.5. The molecule has 0 bridgehead atoms. The molecule has 0 heterocycles. The lowest BCUT2D eigenvalue weighted by molar-refractivity contribution is 0.198. The van der Waals surface area contributed by atoms with Crippen LogP contribution in [0.25, 0.3) is 0 Å². The van der Waals surface area contributed by atoms with Crippen LogP contribution in [0, 0.1) is 0 Å². The molecular formula is C17H20O2. The van der Waals surface area contributed by atoms with E-state index in [1.165, 1.54) is 5.56 Å². The van der Waals surface area contributed by atoms with Gasteiger partial charge in [0.05, 0.1) is 12.7 Å². The minimum atomic E-state index is -0.451. The Balaban J connectivity index is 1.78. The molecule has 2 aromatic rings. The quantitative estimate of drug-likeness (QED) is 0.798. The fourth-order valence-electron chi connectivity index (χ4n) is 1.98. The van der Waals surface area contributed by atoms with Crippen molar-refractivity contribution in [2.75, 3.05) is 6.61 Å². The number of hydrogen-bond acceptors (Lipinski definition) is 2. The van der Waals surface area contributed by atoms with Crippen molar-refractivity contribution in [3.8, 4) is 5.75 Å². The highest BCUT2D eigenvalue weighted by Crippen LogP contribution is 2.19. The first kappa shape index (κ1) is 13.6.